The Labute approximate surface area is 115 Å². The van der Waals surface area contributed by atoms with Crippen molar-refractivity contribution in [3.8, 4) is 11.5 Å². The summed E-state index contributed by atoms with van der Waals surface area (Å²) in [5.74, 6) is 0.808. The van der Waals surface area contributed by atoms with Crippen LogP contribution in [0.2, 0.25) is 10.0 Å². The van der Waals surface area contributed by atoms with Gasteiger partial charge in [0, 0.05) is 6.20 Å². The lowest BCUT2D eigenvalue weighted by Gasteiger charge is -2.17. The molecule has 0 saturated heterocycles. The molecule has 1 N–H and O–H groups in total. The maximum atomic E-state index is 6.04. The van der Waals surface area contributed by atoms with Gasteiger partial charge in [0.15, 0.2) is 0 Å². The first kappa shape index (κ1) is 13.3. The summed E-state index contributed by atoms with van der Waals surface area (Å²) < 4.78 is 5.20. The van der Waals surface area contributed by atoms with Crippen LogP contribution in [0.1, 0.15) is 19.7 Å². The molecule has 0 aliphatic rings. The Hall–Kier alpha value is -1.17. The molecule has 0 fully saturated rings. The van der Waals surface area contributed by atoms with Crippen LogP contribution in [0.5, 0.6) is 0 Å². The van der Waals surface area contributed by atoms with Crippen molar-refractivity contribution in [3.63, 3.8) is 0 Å². The highest BCUT2D eigenvalue weighted by Crippen LogP contribution is 2.27. The first-order valence-corrected chi connectivity index (χ1v) is 6.04. The van der Waals surface area contributed by atoms with Gasteiger partial charge in [0.1, 0.15) is 5.69 Å². The van der Waals surface area contributed by atoms with Crippen LogP contribution in [-0.2, 0) is 5.54 Å². The molecule has 2 aromatic heterocycles. The van der Waals surface area contributed by atoms with Crippen molar-refractivity contribution in [1.82, 2.24) is 20.4 Å². The lowest BCUT2D eigenvalue weighted by molar-refractivity contribution is 0.281. The zero-order valence-electron chi connectivity index (χ0n) is 10.2. The number of halogens is 2. The van der Waals surface area contributed by atoms with E-state index in [0.717, 1.165) is 0 Å². The third-order valence-corrected chi connectivity index (χ3v) is 3.10. The lowest BCUT2D eigenvalue weighted by Crippen LogP contribution is -2.33. The van der Waals surface area contributed by atoms with Crippen LogP contribution in [-0.4, -0.2) is 22.2 Å². The molecule has 96 valence electrons. The van der Waals surface area contributed by atoms with Gasteiger partial charge < -0.3 is 9.84 Å². The van der Waals surface area contributed by atoms with Gasteiger partial charge in [-0.05, 0) is 27.0 Å². The molecule has 2 rings (SSSR count). The number of nitrogens with zero attached hydrogens (tertiary/aromatic N) is 3. The molecule has 5 nitrogen and oxygen atoms in total. The van der Waals surface area contributed by atoms with E-state index in [2.05, 4.69) is 20.4 Å². The van der Waals surface area contributed by atoms with Crippen molar-refractivity contribution in [3.05, 3.63) is 28.2 Å². The van der Waals surface area contributed by atoms with E-state index in [-0.39, 0.29) is 0 Å². The molecule has 0 saturated carbocycles. The molecule has 0 amide bonds. The van der Waals surface area contributed by atoms with Crippen LogP contribution in [0.15, 0.2) is 16.8 Å². The first-order chi connectivity index (χ1) is 8.44. The average molecular weight is 287 g/mol. The predicted molar refractivity (Wildman–Crippen MR) is 69.6 cm³/mol. The van der Waals surface area contributed by atoms with Crippen molar-refractivity contribution in [2.45, 2.75) is 19.4 Å². The lowest BCUT2D eigenvalue weighted by atomic mass is 10.1. The summed E-state index contributed by atoms with van der Waals surface area (Å²) in [7, 11) is 1.82. The normalized spacial score (nSPS) is 11.8. The van der Waals surface area contributed by atoms with E-state index in [1.54, 1.807) is 6.07 Å². The molecule has 7 heteroatoms. The van der Waals surface area contributed by atoms with Crippen LogP contribution in [0.3, 0.4) is 0 Å². The van der Waals surface area contributed by atoms with Gasteiger partial charge in [-0.15, -0.1) is 0 Å². The van der Waals surface area contributed by atoms with E-state index >= 15 is 0 Å². The Balaban J connectivity index is 2.41. The Bertz CT molecular complexity index is 568. The Kier molecular flexibility index (Phi) is 3.56. The molecule has 0 aromatic carbocycles. The third-order valence-electron chi connectivity index (χ3n) is 2.61. The van der Waals surface area contributed by atoms with Gasteiger partial charge in [-0.25, -0.2) is 4.98 Å². The van der Waals surface area contributed by atoms with Crippen molar-refractivity contribution in [1.29, 1.82) is 0 Å². The standard InChI is InChI=1S/C11H12Cl2N4O/c1-11(2,14-3)10-16-9(17-18-10)8-7(13)4-6(12)5-15-8/h4-5,14H,1-3H3. The molecule has 0 aliphatic heterocycles. The number of pyridine rings is 1. The minimum absolute atomic E-state index is 0.343. The molecule has 2 heterocycles. The second kappa shape index (κ2) is 4.84. The molecular formula is C11H12Cl2N4O. The molecule has 0 atom stereocenters. The Morgan fingerprint density at radius 2 is 2.06 bits per heavy atom. The van der Waals surface area contributed by atoms with Crippen LogP contribution in [0.4, 0.5) is 0 Å². The fourth-order valence-corrected chi connectivity index (χ4v) is 1.72. The van der Waals surface area contributed by atoms with Crippen LogP contribution < -0.4 is 5.32 Å². The number of rotatable bonds is 3. The van der Waals surface area contributed by atoms with E-state index in [4.69, 9.17) is 27.7 Å². The first-order valence-electron chi connectivity index (χ1n) is 5.28. The molecule has 0 spiro atoms. The summed E-state index contributed by atoms with van der Waals surface area (Å²) in [5.41, 5.74) is 0.0346. The number of hydrogen-bond acceptors (Lipinski definition) is 5. The topological polar surface area (TPSA) is 63.8 Å². The maximum absolute atomic E-state index is 6.04. The van der Waals surface area contributed by atoms with Crippen LogP contribution in [0, 0.1) is 0 Å². The smallest absolute Gasteiger partial charge is 0.246 e. The largest absolute Gasteiger partial charge is 0.337 e. The molecule has 0 bridgehead atoms. The van der Waals surface area contributed by atoms with Gasteiger partial charge in [-0.1, -0.05) is 28.4 Å². The van der Waals surface area contributed by atoms with E-state index in [9.17, 15) is 0 Å². The number of nitrogens with one attached hydrogen (secondary N) is 1. The molecular weight excluding hydrogens is 275 g/mol. The maximum Gasteiger partial charge on any atom is 0.246 e. The van der Waals surface area contributed by atoms with Crippen LogP contribution in [0.25, 0.3) is 11.5 Å². The highest BCUT2D eigenvalue weighted by Gasteiger charge is 2.26. The van der Waals surface area contributed by atoms with Crippen molar-refractivity contribution in [2.24, 2.45) is 0 Å². The quantitative estimate of drug-likeness (QED) is 0.940. The SMILES string of the molecule is CNC(C)(C)c1nc(-c2ncc(Cl)cc2Cl)no1. The summed E-state index contributed by atoms with van der Waals surface area (Å²) in [6.45, 7) is 3.86. The number of aromatic nitrogens is 3. The summed E-state index contributed by atoms with van der Waals surface area (Å²) in [5, 5.41) is 7.80. The Morgan fingerprint density at radius 3 is 2.67 bits per heavy atom. The average Bonchev–Trinajstić information content (AvgIpc) is 2.79. The van der Waals surface area contributed by atoms with Gasteiger partial charge in [-0.2, -0.15) is 4.98 Å². The van der Waals surface area contributed by atoms with Gasteiger partial charge in [0.05, 0.1) is 15.6 Å². The van der Waals surface area contributed by atoms with Gasteiger partial charge in [0.25, 0.3) is 0 Å². The highest BCUT2D eigenvalue weighted by atomic mass is 35.5. The van der Waals surface area contributed by atoms with Crippen molar-refractivity contribution < 1.29 is 4.52 Å². The third kappa shape index (κ3) is 2.48. The zero-order valence-corrected chi connectivity index (χ0v) is 11.7. The molecule has 0 unspecified atom stereocenters. The van der Waals surface area contributed by atoms with Crippen molar-refractivity contribution in [2.75, 3.05) is 7.05 Å². The number of hydrogen-bond donors (Lipinski definition) is 1. The molecule has 2 aromatic rings. The fraction of sp³-hybridized carbons (Fsp3) is 0.364. The zero-order chi connectivity index (χ0) is 13.3. The highest BCUT2D eigenvalue weighted by molar-refractivity contribution is 6.35. The summed E-state index contributed by atoms with van der Waals surface area (Å²) in [6.07, 6.45) is 1.49. The van der Waals surface area contributed by atoms with E-state index < -0.39 is 5.54 Å². The molecule has 18 heavy (non-hydrogen) atoms. The minimum atomic E-state index is -0.413. The molecule has 0 aliphatic carbocycles. The summed E-state index contributed by atoms with van der Waals surface area (Å²) in [4.78, 5) is 8.38. The van der Waals surface area contributed by atoms with E-state index in [1.165, 1.54) is 6.20 Å². The van der Waals surface area contributed by atoms with E-state index in [1.807, 2.05) is 20.9 Å². The van der Waals surface area contributed by atoms with Gasteiger partial charge in [-0.3, -0.25) is 0 Å². The van der Waals surface area contributed by atoms with Crippen LogP contribution >= 0.6 is 23.2 Å². The summed E-state index contributed by atoms with van der Waals surface area (Å²) in [6, 6.07) is 1.59. The Morgan fingerprint density at radius 1 is 1.33 bits per heavy atom. The van der Waals surface area contributed by atoms with Crippen molar-refractivity contribution >= 4 is 23.2 Å². The fourth-order valence-electron chi connectivity index (χ4n) is 1.26. The minimum Gasteiger partial charge on any atom is -0.337 e. The monoisotopic (exact) mass is 286 g/mol. The second-order valence-electron chi connectivity index (χ2n) is 4.28. The second-order valence-corrected chi connectivity index (χ2v) is 5.13. The van der Waals surface area contributed by atoms with Gasteiger partial charge in [0.2, 0.25) is 11.7 Å². The molecule has 0 radical (unpaired) electrons. The summed E-state index contributed by atoms with van der Waals surface area (Å²) >= 11 is 11.8. The van der Waals surface area contributed by atoms with E-state index in [0.29, 0.717) is 27.5 Å². The predicted octanol–water partition coefficient (Wildman–Crippen LogP) is 2.89. The van der Waals surface area contributed by atoms with Gasteiger partial charge >= 0.3 is 0 Å².